The number of carbonyl (C=O) groups excluding carboxylic acids is 3. The summed E-state index contributed by atoms with van der Waals surface area (Å²) in [6.07, 6.45) is 56.7. The molecular formula is C53H94O6. The number of hydrogen-bond donors (Lipinski definition) is 0. The van der Waals surface area contributed by atoms with Crippen LogP contribution in [0, 0.1) is 0 Å². The van der Waals surface area contributed by atoms with Gasteiger partial charge < -0.3 is 14.2 Å². The zero-order chi connectivity index (χ0) is 43.0. The number of allylic oxidation sites excluding steroid dienone is 8. The van der Waals surface area contributed by atoms with E-state index in [1.54, 1.807) is 0 Å². The molecule has 0 rings (SSSR count). The highest BCUT2D eigenvalue weighted by Crippen LogP contribution is 2.14. The lowest BCUT2D eigenvalue weighted by molar-refractivity contribution is -0.167. The highest BCUT2D eigenvalue weighted by atomic mass is 16.6. The molecule has 0 aliphatic rings. The van der Waals surface area contributed by atoms with Crippen LogP contribution in [0.25, 0.3) is 0 Å². The first-order chi connectivity index (χ1) is 29.0. The fraction of sp³-hybridized carbons (Fsp3) is 0.792. The van der Waals surface area contributed by atoms with E-state index in [-0.39, 0.29) is 31.1 Å². The largest absolute Gasteiger partial charge is 0.462 e. The third-order valence-corrected chi connectivity index (χ3v) is 10.8. The molecule has 1 atom stereocenters. The standard InChI is InChI=1S/C53H94O6/c1-4-7-10-13-16-19-22-23-24-25-26-27-28-29-32-34-37-40-43-46-52(55)58-49-50(59-53(56)47-44-41-38-35-31-21-18-15-12-9-6-3)48-57-51(54)45-42-39-36-33-30-20-17-14-11-8-5-2/h14-15,17-18,21,25-26,31,50H,4-13,16,19-20,22-24,27-30,32-49H2,1-3H3/b17-14-,18-15-,26-25-,31-21-. The van der Waals surface area contributed by atoms with Crippen LogP contribution < -0.4 is 0 Å². The maximum atomic E-state index is 12.7. The molecule has 0 radical (unpaired) electrons. The monoisotopic (exact) mass is 827 g/mol. The Bertz CT molecular complexity index is 1040. The zero-order valence-electron chi connectivity index (χ0n) is 39.0. The van der Waals surface area contributed by atoms with E-state index in [4.69, 9.17) is 14.2 Å². The van der Waals surface area contributed by atoms with Crippen LogP contribution >= 0.6 is 0 Å². The van der Waals surface area contributed by atoms with E-state index in [1.807, 2.05) is 0 Å². The Morgan fingerprint density at radius 3 is 1.03 bits per heavy atom. The molecule has 0 amide bonds. The van der Waals surface area contributed by atoms with Gasteiger partial charge in [0.15, 0.2) is 6.10 Å². The van der Waals surface area contributed by atoms with Crippen molar-refractivity contribution in [2.45, 2.75) is 258 Å². The minimum absolute atomic E-state index is 0.0884. The SMILES string of the molecule is CCCC/C=C\C=C/CCCCCC(=O)OC(COC(=O)CCCCCCC/C=C\CCCC)COC(=O)CCCCCCCCC/C=C\CCCCCCCCCC. The van der Waals surface area contributed by atoms with Crippen molar-refractivity contribution in [1.82, 2.24) is 0 Å². The Morgan fingerprint density at radius 1 is 0.339 bits per heavy atom. The van der Waals surface area contributed by atoms with Gasteiger partial charge in [-0.05, 0) is 83.5 Å². The van der Waals surface area contributed by atoms with Crippen molar-refractivity contribution in [2.24, 2.45) is 0 Å². The van der Waals surface area contributed by atoms with Crippen LogP contribution in [0.3, 0.4) is 0 Å². The summed E-state index contributed by atoms with van der Waals surface area (Å²) in [5.41, 5.74) is 0. The van der Waals surface area contributed by atoms with Gasteiger partial charge in [0.2, 0.25) is 0 Å². The van der Waals surface area contributed by atoms with Crippen LogP contribution in [-0.2, 0) is 28.6 Å². The van der Waals surface area contributed by atoms with Crippen LogP contribution in [0.1, 0.15) is 252 Å². The topological polar surface area (TPSA) is 78.9 Å². The summed E-state index contributed by atoms with van der Waals surface area (Å²) in [5.74, 6) is -0.928. The quantitative estimate of drug-likeness (QED) is 0.0200. The number of ether oxygens (including phenoxy) is 3. The molecule has 0 heterocycles. The molecule has 0 fully saturated rings. The fourth-order valence-electron chi connectivity index (χ4n) is 6.92. The molecule has 0 aromatic heterocycles. The summed E-state index contributed by atoms with van der Waals surface area (Å²) in [7, 11) is 0. The van der Waals surface area contributed by atoms with Gasteiger partial charge in [-0.25, -0.2) is 0 Å². The summed E-state index contributed by atoms with van der Waals surface area (Å²) in [4.78, 5) is 37.8. The molecule has 342 valence electrons. The highest BCUT2D eigenvalue weighted by molar-refractivity contribution is 5.71. The summed E-state index contributed by atoms with van der Waals surface area (Å²) in [5, 5.41) is 0. The molecule has 0 aliphatic heterocycles. The van der Waals surface area contributed by atoms with Gasteiger partial charge in [0.25, 0.3) is 0 Å². The number of unbranched alkanes of at least 4 members (excludes halogenated alkanes) is 27. The lowest BCUT2D eigenvalue weighted by atomic mass is 10.1. The highest BCUT2D eigenvalue weighted by Gasteiger charge is 2.19. The molecule has 0 saturated carbocycles. The summed E-state index contributed by atoms with van der Waals surface area (Å²) in [6, 6.07) is 0. The van der Waals surface area contributed by atoms with Gasteiger partial charge >= 0.3 is 17.9 Å². The lowest BCUT2D eigenvalue weighted by Gasteiger charge is -2.18. The molecule has 6 heteroatoms. The third kappa shape index (κ3) is 46.3. The van der Waals surface area contributed by atoms with E-state index in [0.717, 1.165) is 77.0 Å². The molecule has 0 bridgehead atoms. The minimum Gasteiger partial charge on any atom is -0.462 e. The maximum absolute atomic E-state index is 12.7. The molecule has 0 aromatic carbocycles. The number of rotatable bonds is 45. The second-order valence-electron chi connectivity index (χ2n) is 16.7. The molecule has 6 nitrogen and oxygen atoms in total. The van der Waals surface area contributed by atoms with E-state index in [2.05, 4.69) is 69.4 Å². The predicted octanol–water partition coefficient (Wildman–Crippen LogP) is 16.3. The number of esters is 3. The van der Waals surface area contributed by atoms with Gasteiger partial charge in [-0.2, -0.15) is 0 Å². The smallest absolute Gasteiger partial charge is 0.306 e. The van der Waals surface area contributed by atoms with Gasteiger partial charge in [0.1, 0.15) is 13.2 Å². The van der Waals surface area contributed by atoms with Crippen molar-refractivity contribution >= 4 is 17.9 Å². The van der Waals surface area contributed by atoms with Crippen molar-refractivity contribution in [2.75, 3.05) is 13.2 Å². The summed E-state index contributed by atoms with van der Waals surface area (Å²) in [6.45, 7) is 6.51. The third-order valence-electron chi connectivity index (χ3n) is 10.8. The fourth-order valence-corrected chi connectivity index (χ4v) is 6.92. The Balaban J connectivity index is 4.32. The Hall–Kier alpha value is -2.63. The van der Waals surface area contributed by atoms with Gasteiger partial charge in [-0.15, -0.1) is 0 Å². The van der Waals surface area contributed by atoms with E-state index in [1.165, 1.54) is 135 Å². The molecule has 0 N–H and O–H groups in total. The average Bonchev–Trinajstić information content (AvgIpc) is 3.23. The second-order valence-corrected chi connectivity index (χ2v) is 16.7. The van der Waals surface area contributed by atoms with Gasteiger partial charge in [-0.1, -0.05) is 198 Å². The maximum Gasteiger partial charge on any atom is 0.306 e. The van der Waals surface area contributed by atoms with E-state index in [9.17, 15) is 14.4 Å². The number of carbonyl (C=O) groups is 3. The van der Waals surface area contributed by atoms with Gasteiger partial charge in [0, 0.05) is 19.3 Å². The predicted molar refractivity (Wildman–Crippen MR) is 252 cm³/mol. The molecule has 1 unspecified atom stereocenters. The van der Waals surface area contributed by atoms with Gasteiger partial charge in [-0.3, -0.25) is 14.4 Å². The minimum atomic E-state index is -0.789. The van der Waals surface area contributed by atoms with Crippen molar-refractivity contribution in [3.05, 3.63) is 48.6 Å². The van der Waals surface area contributed by atoms with Crippen molar-refractivity contribution in [3.8, 4) is 0 Å². The average molecular weight is 827 g/mol. The van der Waals surface area contributed by atoms with E-state index < -0.39 is 6.10 Å². The van der Waals surface area contributed by atoms with E-state index >= 15 is 0 Å². The molecule has 0 aromatic rings. The van der Waals surface area contributed by atoms with E-state index in [0.29, 0.717) is 19.3 Å². The Morgan fingerprint density at radius 2 is 0.627 bits per heavy atom. The van der Waals surface area contributed by atoms with Crippen LogP contribution in [0.15, 0.2) is 48.6 Å². The second kappa shape index (κ2) is 48.0. The van der Waals surface area contributed by atoms with Crippen LogP contribution in [-0.4, -0.2) is 37.2 Å². The van der Waals surface area contributed by atoms with Crippen molar-refractivity contribution in [3.63, 3.8) is 0 Å². The summed E-state index contributed by atoms with van der Waals surface area (Å²) >= 11 is 0. The van der Waals surface area contributed by atoms with Crippen LogP contribution in [0.5, 0.6) is 0 Å². The first kappa shape index (κ1) is 56.4. The zero-order valence-corrected chi connectivity index (χ0v) is 39.0. The molecule has 0 saturated heterocycles. The first-order valence-corrected chi connectivity index (χ1v) is 25.2. The van der Waals surface area contributed by atoms with Crippen LogP contribution in [0.2, 0.25) is 0 Å². The molecule has 0 aliphatic carbocycles. The normalized spacial score (nSPS) is 12.4. The molecule has 59 heavy (non-hydrogen) atoms. The van der Waals surface area contributed by atoms with Crippen LogP contribution in [0.4, 0.5) is 0 Å². The Labute approximate surface area is 365 Å². The first-order valence-electron chi connectivity index (χ1n) is 25.2. The Kier molecular flexibility index (Phi) is 45.9. The van der Waals surface area contributed by atoms with Gasteiger partial charge in [0.05, 0.1) is 0 Å². The van der Waals surface area contributed by atoms with Crippen molar-refractivity contribution < 1.29 is 28.6 Å². The number of hydrogen-bond acceptors (Lipinski definition) is 6. The molecular weight excluding hydrogens is 733 g/mol. The lowest BCUT2D eigenvalue weighted by Crippen LogP contribution is -2.30. The van der Waals surface area contributed by atoms with Crippen molar-refractivity contribution in [1.29, 1.82) is 0 Å². The summed E-state index contributed by atoms with van der Waals surface area (Å²) < 4.78 is 16.7. The molecule has 0 spiro atoms.